The first-order chi connectivity index (χ1) is 7.38. The van der Waals surface area contributed by atoms with Crippen molar-refractivity contribution in [3.8, 4) is 0 Å². The van der Waals surface area contributed by atoms with Gasteiger partial charge in [0.05, 0.1) is 0 Å². The van der Waals surface area contributed by atoms with Crippen molar-refractivity contribution in [1.29, 1.82) is 0 Å². The van der Waals surface area contributed by atoms with E-state index in [2.05, 4.69) is 27.7 Å². The molecule has 2 rings (SSSR count). The summed E-state index contributed by atoms with van der Waals surface area (Å²) in [5.41, 5.74) is 0. The Labute approximate surface area is 102 Å². The van der Waals surface area contributed by atoms with Crippen LogP contribution in [-0.4, -0.2) is 16.1 Å². The number of alkyl halides is 1. The van der Waals surface area contributed by atoms with E-state index in [1.54, 1.807) is 22.7 Å². The van der Waals surface area contributed by atoms with Gasteiger partial charge in [-0.15, -0.1) is 44.5 Å². The Balaban J connectivity index is 1.95. The zero-order chi connectivity index (χ0) is 10.5. The summed E-state index contributed by atoms with van der Waals surface area (Å²) >= 11 is 9.09. The van der Waals surface area contributed by atoms with Gasteiger partial charge in [-0.2, -0.15) is 0 Å². The van der Waals surface area contributed by atoms with Crippen LogP contribution in [0.3, 0.4) is 0 Å². The predicted octanol–water partition coefficient (Wildman–Crippen LogP) is 3.36. The summed E-state index contributed by atoms with van der Waals surface area (Å²) < 4.78 is 0. The minimum absolute atomic E-state index is 0.694. The lowest BCUT2D eigenvalue weighted by molar-refractivity contribution is 0.874. The third-order valence-corrected chi connectivity index (χ3v) is 4.07. The molecule has 0 saturated carbocycles. The van der Waals surface area contributed by atoms with Crippen molar-refractivity contribution in [2.45, 2.75) is 19.3 Å². The van der Waals surface area contributed by atoms with Gasteiger partial charge in [0.15, 0.2) is 0 Å². The predicted molar refractivity (Wildman–Crippen MR) is 66.1 cm³/mol. The average molecular weight is 259 g/mol. The van der Waals surface area contributed by atoms with Crippen LogP contribution < -0.4 is 0 Å². The van der Waals surface area contributed by atoms with Crippen LogP contribution in [0.4, 0.5) is 0 Å². The Morgan fingerprint density at radius 3 is 2.87 bits per heavy atom. The van der Waals surface area contributed by atoms with Crippen LogP contribution in [0.25, 0.3) is 0 Å². The third kappa shape index (κ3) is 3.26. The summed E-state index contributed by atoms with van der Waals surface area (Å²) in [5.74, 6) is 0.694. The molecule has 0 aliphatic rings. The van der Waals surface area contributed by atoms with Gasteiger partial charge in [-0.05, 0) is 17.9 Å². The molecule has 80 valence electrons. The fraction of sp³-hybridized carbons (Fsp3) is 0.400. The minimum atomic E-state index is 0.694. The van der Waals surface area contributed by atoms with E-state index in [0.717, 1.165) is 29.3 Å². The molecule has 0 N–H and O–H groups in total. The standard InChI is InChI=1S/C10H11ClN2S2/c11-5-1-4-9-12-13-10(15-9)7-8-3-2-6-14-8/h2-3,6H,1,4-5,7H2. The van der Waals surface area contributed by atoms with Crippen molar-refractivity contribution in [2.24, 2.45) is 0 Å². The molecular formula is C10H11ClN2S2. The smallest absolute Gasteiger partial charge is 0.122 e. The van der Waals surface area contributed by atoms with Gasteiger partial charge in [0.2, 0.25) is 0 Å². The quantitative estimate of drug-likeness (QED) is 0.769. The molecule has 0 atom stereocenters. The molecule has 0 aromatic carbocycles. The van der Waals surface area contributed by atoms with Gasteiger partial charge in [-0.3, -0.25) is 0 Å². The zero-order valence-electron chi connectivity index (χ0n) is 8.15. The van der Waals surface area contributed by atoms with Crippen LogP contribution in [0.2, 0.25) is 0 Å². The number of hydrogen-bond donors (Lipinski definition) is 0. The monoisotopic (exact) mass is 258 g/mol. The molecule has 0 fully saturated rings. The van der Waals surface area contributed by atoms with Crippen molar-refractivity contribution >= 4 is 34.3 Å². The molecule has 2 nitrogen and oxygen atoms in total. The highest BCUT2D eigenvalue weighted by molar-refractivity contribution is 7.12. The first-order valence-corrected chi connectivity index (χ1v) is 7.01. The summed E-state index contributed by atoms with van der Waals surface area (Å²) in [6.07, 6.45) is 2.84. The van der Waals surface area contributed by atoms with Crippen LogP contribution in [0, 0.1) is 0 Å². The van der Waals surface area contributed by atoms with Crippen LogP contribution >= 0.6 is 34.3 Å². The van der Waals surface area contributed by atoms with Crippen molar-refractivity contribution in [3.05, 3.63) is 32.4 Å². The number of hydrogen-bond acceptors (Lipinski definition) is 4. The van der Waals surface area contributed by atoms with E-state index in [-0.39, 0.29) is 0 Å². The van der Waals surface area contributed by atoms with Gasteiger partial charge < -0.3 is 0 Å². The van der Waals surface area contributed by atoms with E-state index in [9.17, 15) is 0 Å². The maximum atomic E-state index is 5.63. The molecule has 0 unspecified atom stereocenters. The van der Waals surface area contributed by atoms with Gasteiger partial charge in [0.25, 0.3) is 0 Å². The fourth-order valence-corrected chi connectivity index (χ4v) is 3.08. The third-order valence-electron chi connectivity index (χ3n) is 1.94. The van der Waals surface area contributed by atoms with Gasteiger partial charge in [0, 0.05) is 23.6 Å². The highest BCUT2D eigenvalue weighted by atomic mass is 35.5. The molecule has 5 heteroatoms. The maximum Gasteiger partial charge on any atom is 0.122 e. The molecule has 0 aliphatic carbocycles. The first-order valence-electron chi connectivity index (χ1n) is 4.78. The zero-order valence-corrected chi connectivity index (χ0v) is 10.5. The maximum absolute atomic E-state index is 5.63. The van der Waals surface area contributed by atoms with Crippen LogP contribution in [-0.2, 0) is 12.8 Å². The molecular weight excluding hydrogens is 248 g/mol. The minimum Gasteiger partial charge on any atom is -0.148 e. The van der Waals surface area contributed by atoms with Crippen molar-refractivity contribution < 1.29 is 0 Å². The fourth-order valence-electron chi connectivity index (χ4n) is 1.24. The van der Waals surface area contributed by atoms with Crippen molar-refractivity contribution in [1.82, 2.24) is 10.2 Å². The van der Waals surface area contributed by atoms with E-state index in [1.807, 2.05) is 0 Å². The Morgan fingerprint density at radius 2 is 2.13 bits per heavy atom. The SMILES string of the molecule is ClCCCc1nnc(Cc2cccs2)s1. The van der Waals surface area contributed by atoms with Gasteiger partial charge in [-0.25, -0.2) is 0 Å². The Hall–Kier alpha value is -0.450. The Bertz CT molecular complexity index is 397. The molecule has 0 aliphatic heterocycles. The van der Waals surface area contributed by atoms with Gasteiger partial charge in [0.1, 0.15) is 10.0 Å². The molecule has 0 saturated heterocycles. The summed E-state index contributed by atoms with van der Waals surface area (Å²) in [6.45, 7) is 0. The van der Waals surface area contributed by atoms with Gasteiger partial charge in [-0.1, -0.05) is 6.07 Å². The highest BCUT2D eigenvalue weighted by Crippen LogP contribution is 2.18. The van der Waals surface area contributed by atoms with Crippen LogP contribution in [0.15, 0.2) is 17.5 Å². The van der Waals surface area contributed by atoms with E-state index in [0.29, 0.717) is 5.88 Å². The van der Waals surface area contributed by atoms with E-state index < -0.39 is 0 Å². The number of thiophene rings is 1. The number of halogens is 1. The van der Waals surface area contributed by atoms with Crippen LogP contribution in [0.5, 0.6) is 0 Å². The molecule has 0 amide bonds. The van der Waals surface area contributed by atoms with E-state index in [4.69, 9.17) is 11.6 Å². The normalized spacial score (nSPS) is 10.7. The second-order valence-electron chi connectivity index (χ2n) is 3.14. The van der Waals surface area contributed by atoms with Gasteiger partial charge >= 0.3 is 0 Å². The Kier molecular flexibility index (Phi) is 4.11. The number of nitrogens with zero attached hydrogens (tertiary/aromatic N) is 2. The number of aryl methyl sites for hydroxylation is 1. The van der Waals surface area contributed by atoms with Crippen molar-refractivity contribution in [2.75, 3.05) is 5.88 Å². The summed E-state index contributed by atoms with van der Waals surface area (Å²) in [6, 6.07) is 4.19. The highest BCUT2D eigenvalue weighted by Gasteiger charge is 2.05. The lowest BCUT2D eigenvalue weighted by atomic mass is 10.4. The molecule has 2 heterocycles. The summed E-state index contributed by atoms with van der Waals surface area (Å²) in [5, 5.41) is 12.6. The Morgan fingerprint density at radius 1 is 1.27 bits per heavy atom. The molecule has 2 aromatic heterocycles. The topological polar surface area (TPSA) is 25.8 Å². The molecule has 0 spiro atoms. The number of rotatable bonds is 5. The van der Waals surface area contributed by atoms with Crippen LogP contribution in [0.1, 0.15) is 21.3 Å². The lowest BCUT2D eigenvalue weighted by Gasteiger charge is -1.89. The number of aromatic nitrogens is 2. The average Bonchev–Trinajstić information content (AvgIpc) is 2.87. The first kappa shape index (κ1) is 11.0. The van der Waals surface area contributed by atoms with Crippen molar-refractivity contribution in [3.63, 3.8) is 0 Å². The van der Waals surface area contributed by atoms with E-state index >= 15 is 0 Å². The second kappa shape index (κ2) is 5.58. The lowest BCUT2D eigenvalue weighted by Crippen LogP contribution is -1.84. The largest absolute Gasteiger partial charge is 0.148 e. The molecule has 0 radical (unpaired) electrons. The summed E-state index contributed by atoms with van der Waals surface area (Å²) in [7, 11) is 0. The summed E-state index contributed by atoms with van der Waals surface area (Å²) in [4.78, 5) is 1.34. The molecule has 2 aromatic rings. The molecule has 0 bridgehead atoms. The molecule has 15 heavy (non-hydrogen) atoms. The van der Waals surface area contributed by atoms with E-state index in [1.165, 1.54) is 4.88 Å². The second-order valence-corrected chi connectivity index (χ2v) is 5.70.